The first-order chi connectivity index (χ1) is 17.1. The van der Waals surface area contributed by atoms with Crippen LogP contribution in [0.3, 0.4) is 0 Å². The van der Waals surface area contributed by atoms with E-state index < -0.39 is 5.97 Å². The molecule has 1 aliphatic heterocycles. The van der Waals surface area contributed by atoms with Crippen molar-refractivity contribution in [2.45, 2.75) is 12.8 Å². The molecule has 0 unspecified atom stereocenters. The van der Waals surface area contributed by atoms with E-state index in [0.717, 1.165) is 17.1 Å². The maximum absolute atomic E-state index is 12.4. The maximum atomic E-state index is 12.4. The quantitative estimate of drug-likeness (QED) is 0.215. The molecular weight excluding hydrogens is 464 g/mol. The molecule has 174 valence electrons. The summed E-state index contributed by atoms with van der Waals surface area (Å²) in [6.07, 6.45) is 2.11. The van der Waals surface area contributed by atoms with Crippen LogP contribution in [0.2, 0.25) is 0 Å². The average Bonchev–Trinajstić information content (AvgIpc) is 3.43. The number of nitrogens with one attached hydrogen (secondary N) is 1. The molecule has 8 nitrogen and oxygen atoms in total. The van der Waals surface area contributed by atoms with Crippen LogP contribution in [-0.4, -0.2) is 39.2 Å². The zero-order chi connectivity index (χ0) is 24.2. The molecule has 2 aromatic carbocycles. The Morgan fingerprint density at radius 2 is 1.71 bits per heavy atom. The van der Waals surface area contributed by atoms with Gasteiger partial charge in [0.15, 0.2) is 5.13 Å². The molecule has 35 heavy (non-hydrogen) atoms. The van der Waals surface area contributed by atoms with Crippen molar-refractivity contribution in [3.05, 3.63) is 89.4 Å². The monoisotopic (exact) mass is 484 g/mol. The number of pyridine rings is 1. The van der Waals surface area contributed by atoms with Crippen molar-refractivity contribution >= 4 is 39.9 Å². The fourth-order valence-corrected chi connectivity index (χ4v) is 4.45. The molecule has 0 saturated heterocycles. The average molecular weight is 485 g/mol. The summed E-state index contributed by atoms with van der Waals surface area (Å²) >= 11 is 1.45. The second-order valence-electron chi connectivity index (χ2n) is 7.79. The summed E-state index contributed by atoms with van der Waals surface area (Å²) in [4.78, 5) is 47.2. The Morgan fingerprint density at radius 1 is 0.943 bits per heavy atom. The topological polar surface area (TPSA) is 101 Å². The van der Waals surface area contributed by atoms with Crippen LogP contribution in [0, 0.1) is 0 Å². The number of benzene rings is 2. The van der Waals surface area contributed by atoms with Gasteiger partial charge in [-0.05, 0) is 42.8 Å². The van der Waals surface area contributed by atoms with E-state index in [4.69, 9.17) is 4.74 Å². The third-order valence-corrected chi connectivity index (χ3v) is 6.15. The van der Waals surface area contributed by atoms with Crippen LogP contribution in [0.4, 0.5) is 10.8 Å². The van der Waals surface area contributed by atoms with Gasteiger partial charge in [-0.2, -0.15) is 0 Å². The lowest BCUT2D eigenvalue weighted by Gasteiger charge is -2.13. The number of hydrogen-bond acceptors (Lipinski definition) is 8. The third kappa shape index (κ3) is 4.95. The predicted octanol–water partition coefficient (Wildman–Crippen LogP) is 4.93. The Kier molecular flexibility index (Phi) is 6.32. The first kappa shape index (κ1) is 22.4. The van der Waals surface area contributed by atoms with Gasteiger partial charge >= 0.3 is 5.97 Å². The lowest BCUT2D eigenvalue weighted by atomic mass is 10.1. The minimum Gasteiger partial charge on any atom is -0.426 e. The van der Waals surface area contributed by atoms with Crippen LogP contribution < -0.4 is 10.1 Å². The van der Waals surface area contributed by atoms with Crippen LogP contribution in [0.5, 0.6) is 5.75 Å². The van der Waals surface area contributed by atoms with E-state index in [2.05, 4.69) is 15.3 Å². The standard InChI is InChI=1S/C26H20N4O4S/c31-23(12-6-14-30-24(32)19-9-1-2-10-20(19)25(30)33)34-18-8-5-7-17(15-18)28-26-29-22(16-35-26)21-11-3-4-13-27-21/h1-5,7-11,13,15-16H,6,12,14H2,(H,28,29). The number of amides is 2. The molecule has 1 aliphatic rings. The SMILES string of the molecule is O=C(CCCN1C(=O)c2ccccc2C1=O)Oc1cccc(Nc2nc(-c3ccccn3)cs2)c1. The summed E-state index contributed by atoms with van der Waals surface area (Å²) in [6.45, 7) is 0.158. The zero-order valence-corrected chi connectivity index (χ0v) is 19.3. The second-order valence-corrected chi connectivity index (χ2v) is 8.65. The largest absolute Gasteiger partial charge is 0.426 e. The highest BCUT2D eigenvalue weighted by Crippen LogP contribution is 2.28. The van der Waals surface area contributed by atoms with Crippen molar-refractivity contribution in [2.75, 3.05) is 11.9 Å². The van der Waals surface area contributed by atoms with Gasteiger partial charge in [-0.25, -0.2) is 4.98 Å². The van der Waals surface area contributed by atoms with Crippen LogP contribution in [0.25, 0.3) is 11.4 Å². The Bertz CT molecular complexity index is 1370. The Morgan fingerprint density at radius 3 is 2.46 bits per heavy atom. The number of aromatic nitrogens is 2. The van der Waals surface area contributed by atoms with Gasteiger partial charge in [-0.3, -0.25) is 24.3 Å². The maximum Gasteiger partial charge on any atom is 0.311 e. The van der Waals surface area contributed by atoms with Gasteiger partial charge in [0.25, 0.3) is 11.8 Å². The fourth-order valence-electron chi connectivity index (χ4n) is 3.73. The summed E-state index contributed by atoms with van der Waals surface area (Å²) in [5.74, 6) is -0.704. The molecule has 0 spiro atoms. The summed E-state index contributed by atoms with van der Waals surface area (Å²) in [5, 5.41) is 5.82. The molecule has 5 rings (SSSR count). The number of fused-ring (bicyclic) bond motifs is 1. The van der Waals surface area contributed by atoms with Crippen LogP contribution >= 0.6 is 11.3 Å². The molecule has 3 heterocycles. The van der Waals surface area contributed by atoms with E-state index >= 15 is 0 Å². The number of anilines is 2. The number of ether oxygens (including phenoxy) is 1. The van der Waals surface area contributed by atoms with Gasteiger partial charge in [0, 0.05) is 36.3 Å². The molecule has 0 saturated carbocycles. The smallest absolute Gasteiger partial charge is 0.311 e. The van der Waals surface area contributed by atoms with Crippen molar-refractivity contribution in [1.82, 2.24) is 14.9 Å². The normalized spacial score (nSPS) is 12.5. The first-order valence-electron chi connectivity index (χ1n) is 11.0. The van der Waals surface area contributed by atoms with Gasteiger partial charge in [0.2, 0.25) is 0 Å². The van der Waals surface area contributed by atoms with Crippen LogP contribution in [-0.2, 0) is 4.79 Å². The number of imide groups is 1. The van der Waals surface area contributed by atoms with Crippen molar-refractivity contribution in [2.24, 2.45) is 0 Å². The molecule has 0 bridgehead atoms. The molecule has 1 N–H and O–H groups in total. The zero-order valence-electron chi connectivity index (χ0n) is 18.5. The minimum atomic E-state index is -0.439. The minimum absolute atomic E-state index is 0.0744. The van der Waals surface area contributed by atoms with E-state index in [1.807, 2.05) is 29.6 Å². The Balaban J connectivity index is 1.14. The number of hydrogen-bond donors (Lipinski definition) is 1. The summed E-state index contributed by atoms with van der Waals surface area (Å²) in [6, 6.07) is 19.4. The van der Waals surface area contributed by atoms with Gasteiger partial charge in [0.05, 0.1) is 16.8 Å². The van der Waals surface area contributed by atoms with Gasteiger partial charge in [-0.15, -0.1) is 11.3 Å². The van der Waals surface area contributed by atoms with E-state index in [0.29, 0.717) is 28.4 Å². The van der Waals surface area contributed by atoms with Crippen LogP contribution in [0.1, 0.15) is 33.6 Å². The predicted molar refractivity (Wildman–Crippen MR) is 132 cm³/mol. The molecule has 9 heteroatoms. The van der Waals surface area contributed by atoms with E-state index in [9.17, 15) is 14.4 Å². The molecule has 0 aliphatic carbocycles. The Labute approximate surface area is 205 Å². The van der Waals surface area contributed by atoms with E-state index in [1.165, 1.54) is 16.2 Å². The van der Waals surface area contributed by atoms with Gasteiger partial charge in [-0.1, -0.05) is 24.3 Å². The highest BCUT2D eigenvalue weighted by atomic mass is 32.1. The van der Waals surface area contributed by atoms with Crippen molar-refractivity contribution in [3.8, 4) is 17.1 Å². The van der Waals surface area contributed by atoms with Crippen molar-refractivity contribution in [1.29, 1.82) is 0 Å². The number of nitrogens with zero attached hydrogens (tertiary/aromatic N) is 3. The molecule has 2 aromatic heterocycles. The second kappa shape index (κ2) is 9.86. The van der Waals surface area contributed by atoms with Crippen molar-refractivity contribution < 1.29 is 19.1 Å². The number of carbonyl (C=O) groups is 3. The molecule has 0 fully saturated rings. The molecule has 0 atom stereocenters. The molecule has 4 aromatic rings. The number of rotatable bonds is 8. The molecule has 2 amide bonds. The lowest BCUT2D eigenvalue weighted by Crippen LogP contribution is -2.31. The lowest BCUT2D eigenvalue weighted by molar-refractivity contribution is -0.134. The molecular formula is C26H20N4O4S. The number of esters is 1. The van der Waals surface area contributed by atoms with Gasteiger partial charge in [0.1, 0.15) is 11.4 Å². The highest BCUT2D eigenvalue weighted by molar-refractivity contribution is 7.14. The fraction of sp³-hybridized carbons (Fsp3) is 0.115. The first-order valence-corrected chi connectivity index (χ1v) is 11.9. The third-order valence-electron chi connectivity index (χ3n) is 5.39. The Hall–Kier alpha value is -4.37. The van der Waals surface area contributed by atoms with Gasteiger partial charge < -0.3 is 10.1 Å². The molecule has 0 radical (unpaired) electrons. The summed E-state index contributed by atoms with van der Waals surface area (Å²) in [7, 11) is 0. The highest BCUT2D eigenvalue weighted by Gasteiger charge is 2.34. The van der Waals surface area contributed by atoms with Crippen molar-refractivity contribution in [3.63, 3.8) is 0 Å². The van der Waals surface area contributed by atoms with E-state index in [1.54, 1.807) is 48.7 Å². The number of carbonyl (C=O) groups excluding carboxylic acids is 3. The summed E-state index contributed by atoms with van der Waals surface area (Å²) in [5.41, 5.74) is 3.09. The summed E-state index contributed by atoms with van der Waals surface area (Å²) < 4.78 is 5.45. The van der Waals surface area contributed by atoms with E-state index in [-0.39, 0.29) is 24.8 Å². The van der Waals surface area contributed by atoms with Crippen LogP contribution in [0.15, 0.2) is 78.3 Å². The number of thiazole rings is 1.